The molecule has 68 valence electrons. The van der Waals surface area contributed by atoms with Gasteiger partial charge >= 0.3 is 5.97 Å². The molecule has 4 heteroatoms. The van der Waals surface area contributed by atoms with Crippen LogP contribution in [0.4, 0.5) is 0 Å². The Morgan fingerprint density at radius 1 is 1.50 bits per heavy atom. The Morgan fingerprint density at radius 3 is 3.00 bits per heavy atom. The quantitative estimate of drug-likeness (QED) is 0.407. The van der Waals surface area contributed by atoms with Gasteiger partial charge in [0.2, 0.25) is 0 Å². The lowest BCUT2D eigenvalue weighted by atomic mass is 9.84. The minimum Gasteiger partial charge on any atom is -0.461 e. The van der Waals surface area contributed by atoms with Gasteiger partial charge in [0, 0.05) is 5.92 Å². The van der Waals surface area contributed by atoms with Crippen LogP contribution in [-0.4, -0.2) is 27.2 Å². The molecule has 1 heterocycles. The topological polar surface area (TPSA) is 46.5 Å². The Morgan fingerprint density at radius 2 is 2.25 bits per heavy atom. The minimum atomic E-state index is -0.234. The Kier molecular flexibility index (Phi) is 2.29. The summed E-state index contributed by atoms with van der Waals surface area (Å²) in [5.41, 5.74) is 0. The van der Waals surface area contributed by atoms with E-state index in [-0.39, 0.29) is 24.1 Å². The molecule has 4 atom stereocenters. The van der Waals surface area contributed by atoms with E-state index in [2.05, 4.69) is 22.6 Å². The van der Waals surface area contributed by atoms with Gasteiger partial charge in [-0.1, -0.05) is 22.6 Å². The summed E-state index contributed by atoms with van der Waals surface area (Å²) in [7, 11) is 0. The van der Waals surface area contributed by atoms with Crippen LogP contribution in [0.5, 0.6) is 0 Å². The second-order valence-electron chi connectivity index (χ2n) is 3.56. The van der Waals surface area contributed by atoms with Crippen molar-refractivity contribution in [3.8, 4) is 0 Å². The van der Waals surface area contributed by atoms with Crippen LogP contribution in [0.2, 0.25) is 0 Å². The Labute approximate surface area is 84.6 Å². The first-order valence-electron chi connectivity index (χ1n) is 4.18. The monoisotopic (exact) mass is 282 g/mol. The maximum Gasteiger partial charge on any atom is 0.306 e. The molecule has 0 radical (unpaired) electrons. The number of carbonyl (C=O) groups is 1. The fourth-order valence-corrected chi connectivity index (χ4v) is 3.37. The van der Waals surface area contributed by atoms with Crippen LogP contribution in [0.1, 0.15) is 19.3 Å². The summed E-state index contributed by atoms with van der Waals surface area (Å²) in [5, 5.41) is 9.44. The van der Waals surface area contributed by atoms with Crippen LogP contribution in [0.15, 0.2) is 0 Å². The SMILES string of the molecule is O=C1C[C@@H]2C[C@H](O)C[C@@H](I)[C@@H]2O1. The van der Waals surface area contributed by atoms with Crippen molar-refractivity contribution < 1.29 is 14.6 Å². The first-order valence-corrected chi connectivity index (χ1v) is 5.43. The lowest BCUT2D eigenvalue weighted by Gasteiger charge is -2.31. The molecule has 0 spiro atoms. The molecule has 0 aromatic heterocycles. The van der Waals surface area contributed by atoms with Gasteiger partial charge in [0.1, 0.15) is 6.10 Å². The molecular weight excluding hydrogens is 271 g/mol. The van der Waals surface area contributed by atoms with Gasteiger partial charge in [-0.3, -0.25) is 4.79 Å². The van der Waals surface area contributed by atoms with Gasteiger partial charge in [0.05, 0.1) is 16.4 Å². The van der Waals surface area contributed by atoms with Crippen molar-refractivity contribution in [3.63, 3.8) is 0 Å². The zero-order valence-corrected chi connectivity index (χ0v) is 8.73. The van der Waals surface area contributed by atoms with E-state index in [9.17, 15) is 9.90 Å². The van der Waals surface area contributed by atoms with Crippen molar-refractivity contribution >= 4 is 28.6 Å². The number of ether oxygens (including phenoxy) is 1. The van der Waals surface area contributed by atoms with Crippen LogP contribution in [0.25, 0.3) is 0 Å². The number of carbonyl (C=O) groups excluding carboxylic acids is 1. The van der Waals surface area contributed by atoms with E-state index >= 15 is 0 Å². The summed E-state index contributed by atoms with van der Waals surface area (Å²) in [6.45, 7) is 0. The van der Waals surface area contributed by atoms with Crippen molar-refractivity contribution in [2.75, 3.05) is 0 Å². The van der Waals surface area contributed by atoms with E-state index in [4.69, 9.17) is 4.74 Å². The largest absolute Gasteiger partial charge is 0.461 e. The summed E-state index contributed by atoms with van der Waals surface area (Å²) < 4.78 is 5.46. The number of hydrogen-bond donors (Lipinski definition) is 1. The van der Waals surface area contributed by atoms with Gasteiger partial charge in [0.25, 0.3) is 0 Å². The predicted molar refractivity (Wildman–Crippen MR) is 51.0 cm³/mol. The molecule has 3 nitrogen and oxygen atoms in total. The lowest BCUT2D eigenvalue weighted by Crippen LogP contribution is -2.37. The number of fused-ring (bicyclic) bond motifs is 1. The van der Waals surface area contributed by atoms with E-state index in [1.165, 1.54) is 0 Å². The maximum absolute atomic E-state index is 11.0. The number of esters is 1. The highest BCUT2D eigenvalue weighted by atomic mass is 127. The molecule has 2 fully saturated rings. The standard InChI is InChI=1S/C8H11IO3/c9-6-3-5(10)1-4-2-7(11)12-8(4)6/h4-6,8,10H,1-3H2/t4-,5-,6+,8+/m0/s1. The number of aliphatic hydroxyl groups is 1. The molecule has 1 aliphatic heterocycles. The second-order valence-corrected chi connectivity index (χ2v) is 5.16. The number of hydrogen-bond acceptors (Lipinski definition) is 3. The van der Waals surface area contributed by atoms with Gasteiger partial charge in [-0.25, -0.2) is 0 Å². The first-order chi connectivity index (χ1) is 5.66. The molecule has 0 unspecified atom stereocenters. The normalized spacial score (nSPS) is 47.0. The average molecular weight is 282 g/mol. The van der Waals surface area contributed by atoms with Gasteiger partial charge in [0.15, 0.2) is 0 Å². The number of aliphatic hydroxyl groups excluding tert-OH is 1. The highest BCUT2D eigenvalue weighted by Gasteiger charge is 2.44. The van der Waals surface area contributed by atoms with Crippen molar-refractivity contribution in [2.45, 2.75) is 35.4 Å². The third kappa shape index (κ3) is 1.46. The van der Waals surface area contributed by atoms with Crippen molar-refractivity contribution in [1.82, 2.24) is 0 Å². The zero-order chi connectivity index (χ0) is 8.72. The van der Waals surface area contributed by atoms with Gasteiger partial charge in [-0.2, -0.15) is 0 Å². The molecule has 1 saturated carbocycles. The molecule has 1 N–H and O–H groups in total. The van der Waals surface area contributed by atoms with Gasteiger partial charge in [-0.15, -0.1) is 0 Å². The van der Waals surface area contributed by atoms with E-state index < -0.39 is 0 Å². The third-order valence-corrected chi connectivity index (χ3v) is 3.81. The van der Waals surface area contributed by atoms with Crippen LogP contribution in [0.3, 0.4) is 0 Å². The molecule has 1 saturated heterocycles. The highest BCUT2D eigenvalue weighted by molar-refractivity contribution is 14.1. The molecule has 12 heavy (non-hydrogen) atoms. The molecule has 0 bridgehead atoms. The molecule has 0 aromatic rings. The minimum absolute atomic E-state index is 0.0708. The summed E-state index contributed by atoms with van der Waals surface area (Å²) in [6.07, 6.45) is 1.83. The smallest absolute Gasteiger partial charge is 0.306 e. The molecular formula is C8H11IO3. The molecule has 0 aromatic carbocycles. The maximum atomic E-state index is 11.0. The van der Waals surface area contributed by atoms with Gasteiger partial charge in [-0.05, 0) is 12.8 Å². The fourth-order valence-electron chi connectivity index (χ4n) is 2.05. The summed E-state index contributed by atoms with van der Waals surface area (Å²) >= 11 is 2.26. The van der Waals surface area contributed by atoms with Crippen molar-refractivity contribution in [3.05, 3.63) is 0 Å². The number of rotatable bonds is 0. The van der Waals surface area contributed by atoms with Crippen molar-refractivity contribution in [1.29, 1.82) is 0 Å². The second kappa shape index (κ2) is 3.14. The third-order valence-electron chi connectivity index (χ3n) is 2.59. The van der Waals surface area contributed by atoms with Crippen molar-refractivity contribution in [2.24, 2.45) is 5.92 Å². The molecule has 2 rings (SSSR count). The van der Waals surface area contributed by atoms with Crippen LogP contribution in [-0.2, 0) is 9.53 Å². The van der Waals surface area contributed by atoms with Crippen LogP contribution >= 0.6 is 22.6 Å². The average Bonchev–Trinajstić information content (AvgIpc) is 2.29. The Balaban J connectivity index is 2.10. The van der Waals surface area contributed by atoms with E-state index in [1.807, 2.05) is 0 Å². The van der Waals surface area contributed by atoms with E-state index in [0.29, 0.717) is 10.3 Å². The number of alkyl halides is 1. The predicted octanol–water partition coefficient (Wildman–Crippen LogP) is 0.876. The Hall–Kier alpha value is 0.160. The molecule has 1 aliphatic carbocycles. The first kappa shape index (κ1) is 8.74. The number of halogens is 1. The molecule has 2 aliphatic rings. The molecule has 0 amide bonds. The summed E-state index contributed by atoms with van der Waals surface area (Å²) in [6, 6.07) is 0. The fraction of sp³-hybridized carbons (Fsp3) is 0.875. The summed E-state index contributed by atoms with van der Waals surface area (Å²) in [5.74, 6) is 0.170. The van der Waals surface area contributed by atoms with E-state index in [0.717, 1.165) is 12.8 Å². The van der Waals surface area contributed by atoms with Crippen LogP contribution in [0, 0.1) is 5.92 Å². The van der Waals surface area contributed by atoms with E-state index in [1.54, 1.807) is 0 Å². The lowest BCUT2D eigenvalue weighted by molar-refractivity contribution is -0.141. The van der Waals surface area contributed by atoms with Gasteiger partial charge < -0.3 is 9.84 Å². The highest BCUT2D eigenvalue weighted by Crippen LogP contribution is 2.38. The summed E-state index contributed by atoms with van der Waals surface area (Å²) in [4.78, 5) is 11.0. The van der Waals surface area contributed by atoms with Crippen LogP contribution < -0.4 is 0 Å². The zero-order valence-electron chi connectivity index (χ0n) is 6.57. The Bertz CT molecular complexity index is 206.